The number of hydrogen-bond donors (Lipinski definition) is 2. The Kier molecular flexibility index (Phi) is 4.32. The Bertz CT molecular complexity index is 932. The first-order valence-electron chi connectivity index (χ1n) is 7.06. The summed E-state index contributed by atoms with van der Waals surface area (Å²) in [5.41, 5.74) is -0.0120. The third-order valence-electron chi connectivity index (χ3n) is 3.18. The van der Waals surface area contributed by atoms with E-state index in [1.54, 1.807) is 36.4 Å². The Balaban J connectivity index is 1.61. The summed E-state index contributed by atoms with van der Waals surface area (Å²) in [7, 11) is 0. The van der Waals surface area contributed by atoms with Gasteiger partial charge >= 0.3 is 6.03 Å². The molecule has 0 aliphatic heterocycles. The number of carbonyl (C=O) groups excluding carboxylic acids is 2. The van der Waals surface area contributed by atoms with Gasteiger partial charge in [-0.05, 0) is 24.3 Å². The van der Waals surface area contributed by atoms with E-state index in [-0.39, 0.29) is 6.54 Å². The van der Waals surface area contributed by atoms with E-state index in [1.807, 2.05) is 0 Å². The van der Waals surface area contributed by atoms with Gasteiger partial charge < -0.3 is 9.73 Å². The molecule has 2 N–H and O–H groups in total. The maximum absolute atomic E-state index is 12.2. The molecule has 0 aliphatic rings. The second kappa shape index (κ2) is 6.73. The van der Waals surface area contributed by atoms with Gasteiger partial charge in [-0.2, -0.15) is 0 Å². The second-order valence-electron chi connectivity index (χ2n) is 4.88. The number of benzene rings is 1. The molecule has 24 heavy (non-hydrogen) atoms. The predicted octanol–water partition coefficient (Wildman–Crippen LogP) is 0.410. The molecule has 0 atom stereocenters. The molecule has 0 bridgehead atoms. The molecule has 9 heteroatoms. The third-order valence-corrected chi connectivity index (χ3v) is 3.18. The van der Waals surface area contributed by atoms with Gasteiger partial charge in [0.2, 0.25) is 5.91 Å². The van der Waals surface area contributed by atoms with Crippen LogP contribution in [0.4, 0.5) is 4.79 Å². The first-order chi connectivity index (χ1) is 11.6. The number of carbonyl (C=O) groups is 2. The summed E-state index contributed by atoms with van der Waals surface area (Å²) in [6.07, 6.45) is 1.48. The lowest BCUT2D eigenvalue weighted by molar-refractivity contribution is -0.120. The Morgan fingerprint density at radius 1 is 1.17 bits per heavy atom. The van der Waals surface area contributed by atoms with Crippen LogP contribution in [0.2, 0.25) is 0 Å². The zero-order valence-electron chi connectivity index (χ0n) is 12.4. The normalized spacial score (nSPS) is 10.5. The molecule has 9 nitrogen and oxygen atoms in total. The van der Waals surface area contributed by atoms with Crippen LogP contribution in [0.1, 0.15) is 5.76 Å². The number of urea groups is 1. The van der Waals surface area contributed by atoms with E-state index in [4.69, 9.17) is 4.42 Å². The molecular formula is C15H13N5O4. The van der Waals surface area contributed by atoms with Crippen molar-refractivity contribution in [1.29, 1.82) is 0 Å². The van der Waals surface area contributed by atoms with Gasteiger partial charge in [0.1, 0.15) is 17.8 Å². The molecule has 3 amide bonds. The molecule has 2 aromatic heterocycles. The van der Waals surface area contributed by atoms with Gasteiger partial charge in [-0.15, -0.1) is 5.10 Å². The highest BCUT2D eigenvalue weighted by Gasteiger charge is 2.12. The Morgan fingerprint density at radius 2 is 2.00 bits per heavy atom. The van der Waals surface area contributed by atoms with E-state index in [0.29, 0.717) is 16.7 Å². The van der Waals surface area contributed by atoms with Gasteiger partial charge in [-0.3, -0.25) is 14.9 Å². The van der Waals surface area contributed by atoms with E-state index in [1.165, 1.54) is 6.26 Å². The molecule has 0 aliphatic carbocycles. The number of rotatable bonds is 4. The summed E-state index contributed by atoms with van der Waals surface area (Å²) in [4.78, 5) is 35.7. The van der Waals surface area contributed by atoms with E-state index in [0.717, 1.165) is 4.68 Å². The summed E-state index contributed by atoms with van der Waals surface area (Å²) in [5.74, 6) is -0.132. The van der Waals surface area contributed by atoms with E-state index < -0.39 is 24.0 Å². The van der Waals surface area contributed by atoms with Gasteiger partial charge in [0.25, 0.3) is 5.56 Å². The summed E-state index contributed by atoms with van der Waals surface area (Å²) >= 11 is 0. The molecule has 3 rings (SSSR count). The standard InChI is InChI=1S/C15H13N5O4/c21-13(17-15(23)16-8-10-4-3-7-24-10)9-20-14(22)11-5-1-2-6-12(11)18-19-20/h1-7H,8-9H2,(H2,16,17,21,23). The maximum atomic E-state index is 12.2. The molecule has 3 aromatic rings. The third kappa shape index (κ3) is 3.46. The zero-order valence-corrected chi connectivity index (χ0v) is 12.4. The fourth-order valence-electron chi connectivity index (χ4n) is 2.05. The van der Waals surface area contributed by atoms with Crippen molar-refractivity contribution in [1.82, 2.24) is 25.6 Å². The molecule has 1 aromatic carbocycles. The smallest absolute Gasteiger partial charge is 0.321 e. The van der Waals surface area contributed by atoms with Crippen LogP contribution in [-0.2, 0) is 17.9 Å². The Hall–Kier alpha value is -3.49. The van der Waals surface area contributed by atoms with Crippen LogP contribution < -0.4 is 16.2 Å². The summed E-state index contributed by atoms with van der Waals surface area (Å²) in [5, 5.41) is 12.5. The van der Waals surface area contributed by atoms with Crippen molar-refractivity contribution in [2.24, 2.45) is 0 Å². The van der Waals surface area contributed by atoms with Gasteiger partial charge in [0, 0.05) is 0 Å². The van der Waals surface area contributed by atoms with Crippen molar-refractivity contribution in [2.75, 3.05) is 0 Å². The molecule has 0 fully saturated rings. The first-order valence-corrected chi connectivity index (χ1v) is 7.06. The van der Waals surface area contributed by atoms with Gasteiger partial charge in [-0.25, -0.2) is 9.48 Å². The summed E-state index contributed by atoms with van der Waals surface area (Å²) in [6, 6.07) is 9.34. The topological polar surface area (TPSA) is 119 Å². The van der Waals surface area contributed by atoms with E-state index >= 15 is 0 Å². The fourth-order valence-corrected chi connectivity index (χ4v) is 2.05. The number of furan rings is 1. The van der Waals surface area contributed by atoms with E-state index in [9.17, 15) is 14.4 Å². The van der Waals surface area contributed by atoms with Gasteiger partial charge in [-0.1, -0.05) is 17.3 Å². The molecule has 0 unspecified atom stereocenters. The molecule has 2 heterocycles. The lowest BCUT2D eigenvalue weighted by atomic mass is 10.2. The highest BCUT2D eigenvalue weighted by molar-refractivity contribution is 5.94. The monoisotopic (exact) mass is 327 g/mol. The van der Waals surface area contributed by atoms with Crippen molar-refractivity contribution in [3.63, 3.8) is 0 Å². The minimum absolute atomic E-state index is 0.141. The molecule has 122 valence electrons. The zero-order chi connectivity index (χ0) is 16.9. The summed E-state index contributed by atoms with van der Waals surface area (Å²) < 4.78 is 5.95. The van der Waals surface area contributed by atoms with Crippen LogP contribution in [-0.4, -0.2) is 26.9 Å². The Labute approximate surface area is 135 Å². The number of amides is 3. The van der Waals surface area contributed by atoms with Gasteiger partial charge in [0.15, 0.2) is 0 Å². The highest BCUT2D eigenvalue weighted by Crippen LogP contribution is 2.03. The highest BCUT2D eigenvalue weighted by atomic mass is 16.3. The SMILES string of the molecule is O=C(Cn1nnc2ccccc2c1=O)NC(=O)NCc1ccco1. The number of aromatic nitrogens is 3. The molecule has 0 radical (unpaired) electrons. The lowest BCUT2D eigenvalue weighted by Crippen LogP contribution is -2.42. The Morgan fingerprint density at radius 3 is 2.79 bits per heavy atom. The lowest BCUT2D eigenvalue weighted by Gasteiger charge is -2.06. The largest absolute Gasteiger partial charge is 0.467 e. The van der Waals surface area contributed by atoms with Crippen LogP contribution in [0.25, 0.3) is 10.9 Å². The number of nitrogens with one attached hydrogen (secondary N) is 2. The van der Waals surface area contributed by atoms with Crippen LogP contribution >= 0.6 is 0 Å². The number of hydrogen-bond acceptors (Lipinski definition) is 6. The second-order valence-corrected chi connectivity index (χ2v) is 4.88. The average molecular weight is 327 g/mol. The van der Waals surface area contributed by atoms with Crippen LogP contribution in [0.3, 0.4) is 0 Å². The molecule has 0 saturated heterocycles. The fraction of sp³-hybridized carbons (Fsp3) is 0.133. The van der Waals surface area contributed by atoms with Crippen molar-refractivity contribution in [3.05, 3.63) is 58.8 Å². The number of imide groups is 1. The molecular weight excluding hydrogens is 314 g/mol. The summed E-state index contributed by atoms with van der Waals surface area (Å²) in [6.45, 7) is -0.271. The van der Waals surface area contributed by atoms with Crippen molar-refractivity contribution < 1.29 is 14.0 Å². The predicted molar refractivity (Wildman–Crippen MR) is 82.9 cm³/mol. The van der Waals surface area contributed by atoms with Crippen molar-refractivity contribution in [3.8, 4) is 0 Å². The van der Waals surface area contributed by atoms with Crippen molar-refractivity contribution in [2.45, 2.75) is 13.1 Å². The number of fused-ring (bicyclic) bond motifs is 1. The maximum Gasteiger partial charge on any atom is 0.321 e. The quantitative estimate of drug-likeness (QED) is 0.716. The average Bonchev–Trinajstić information content (AvgIpc) is 3.09. The van der Waals surface area contributed by atoms with Gasteiger partial charge in [0.05, 0.1) is 18.2 Å². The van der Waals surface area contributed by atoms with Crippen LogP contribution in [0.15, 0.2) is 51.9 Å². The van der Waals surface area contributed by atoms with Crippen molar-refractivity contribution >= 4 is 22.8 Å². The van der Waals surface area contributed by atoms with E-state index in [2.05, 4.69) is 20.9 Å². The minimum atomic E-state index is -0.696. The van der Waals surface area contributed by atoms with Crippen LogP contribution in [0.5, 0.6) is 0 Å². The minimum Gasteiger partial charge on any atom is -0.467 e. The number of nitrogens with zero attached hydrogens (tertiary/aromatic N) is 3. The molecule has 0 saturated carbocycles. The molecule has 0 spiro atoms. The first kappa shape index (κ1) is 15.4. The van der Waals surface area contributed by atoms with Crippen LogP contribution in [0, 0.1) is 0 Å².